The number of hydrogen-bond acceptors (Lipinski definition) is 4. The van der Waals surface area contributed by atoms with Gasteiger partial charge >= 0.3 is 5.97 Å². The molecule has 0 heterocycles. The summed E-state index contributed by atoms with van der Waals surface area (Å²) in [5.41, 5.74) is 0. The van der Waals surface area contributed by atoms with Crippen molar-refractivity contribution in [1.29, 1.82) is 0 Å². The van der Waals surface area contributed by atoms with Crippen molar-refractivity contribution in [3.63, 3.8) is 0 Å². The standard InChI is InChI=1S/C11H22N2O3.ClH/c1-5-16-11(15)8-13(7-9(2)3)10(14)6-12-4;/h9,12H,5-8H2,1-4H3;1H. The number of likely N-dealkylation sites (N-methyl/N-ethyl adjacent to an activating group) is 1. The van der Waals surface area contributed by atoms with E-state index in [9.17, 15) is 9.59 Å². The molecule has 0 saturated carbocycles. The molecule has 0 atom stereocenters. The van der Waals surface area contributed by atoms with Gasteiger partial charge < -0.3 is 15.0 Å². The number of nitrogens with one attached hydrogen (secondary N) is 1. The first-order valence-corrected chi connectivity index (χ1v) is 5.59. The van der Waals surface area contributed by atoms with Crippen LogP contribution in [0.5, 0.6) is 0 Å². The van der Waals surface area contributed by atoms with E-state index in [1.54, 1.807) is 14.0 Å². The zero-order valence-electron chi connectivity index (χ0n) is 11.0. The SMILES string of the molecule is CCOC(=O)CN(CC(C)C)C(=O)CNC.Cl. The van der Waals surface area contributed by atoms with E-state index in [0.29, 0.717) is 19.1 Å². The maximum Gasteiger partial charge on any atom is 0.325 e. The van der Waals surface area contributed by atoms with Gasteiger partial charge in [0, 0.05) is 6.54 Å². The second-order valence-corrected chi connectivity index (χ2v) is 4.00. The largest absolute Gasteiger partial charge is 0.465 e. The molecule has 0 aromatic carbocycles. The number of carbonyl (C=O) groups excluding carboxylic acids is 2. The lowest BCUT2D eigenvalue weighted by Gasteiger charge is -2.23. The van der Waals surface area contributed by atoms with Crippen molar-refractivity contribution in [2.75, 3.05) is 33.3 Å². The van der Waals surface area contributed by atoms with Gasteiger partial charge in [-0.2, -0.15) is 0 Å². The lowest BCUT2D eigenvalue weighted by Crippen LogP contribution is -2.42. The summed E-state index contributed by atoms with van der Waals surface area (Å²) in [7, 11) is 1.70. The minimum atomic E-state index is -0.354. The predicted molar refractivity (Wildman–Crippen MR) is 69.2 cm³/mol. The molecule has 0 saturated heterocycles. The molecule has 0 fully saturated rings. The lowest BCUT2D eigenvalue weighted by molar-refractivity contribution is -0.149. The Hall–Kier alpha value is -0.810. The quantitative estimate of drug-likeness (QED) is 0.689. The number of hydrogen-bond donors (Lipinski definition) is 1. The first kappa shape index (κ1) is 18.6. The van der Waals surface area contributed by atoms with E-state index in [4.69, 9.17) is 4.74 Å². The average Bonchev–Trinajstić information content (AvgIpc) is 2.16. The molecule has 0 spiro atoms. The van der Waals surface area contributed by atoms with Gasteiger partial charge in [0.05, 0.1) is 13.2 Å². The molecule has 6 heteroatoms. The van der Waals surface area contributed by atoms with Gasteiger partial charge in [0.1, 0.15) is 6.54 Å². The number of nitrogens with zero attached hydrogens (tertiary/aromatic N) is 1. The molecule has 0 unspecified atom stereocenters. The minimum Gasteiger partial charge on any atom is -0.465 e. The van der Waals surface area contributed by atoms with Crippen LogP contribution >= 0.6 is 12.4 Å². The summed E-state index contributed by atoms with van der Waals surface area (Å²) in [5.74, 6) is -0.105. The Morgan fingerprint density at radius 2 is 1.94 bits per heavy atom. The van der Waals surface area contributed by atoms with E-state index in [2.05, 4.69) is 5.32 Å². The Morgan fingerprint density at radius 1 is 1.35 bits per heavy atom. The van der Waals surface area contributed by atoms with E-state index < -0.39 is 0 Å². The normalized spacial score (nSPS) is 9.71. The van der Waals surface area contributed by atoms with Crippen molar-refractivity contribution < 1.29 is 14.3 Å². The maximum absolute atomic E-state index is 11.7. The Labute approximate surface area is 109 Å². The van der Waals surface area contributed by atoms with Gasteiger partial charge in [-0.1, -0.05) is 13.8 Å². The van der Waals surface area contributed by atoms with Crippen LogP contribution in [0.2, 0.25) is 0 Å². The predicted octanol–water partition coefficient (Wildman–Crippen LogP) is 0.675. The highest BCUT2D eigenvalue weighted by molar-refractivity contribution is 5.85. The van der Waals surface area contributed by atoms with Gasteiger partial charge in [-0.05, 0) is 19.9 Å². The molecule has 0 aliphatic carbocycles. The molecular weight excluding hydrogens is 244 g/mol. The molecule has 0 bridgehead atoms. The number of rotatable bonds is 7. The number of ether oxygens (including phenoxy) is 1. The monoisotopic (exact) mass is 266 g/mol. The molecule has 17 heavy (non-hydrogen) atoms. The molecule has 102 valence electrons. The molecule has 5 nitrogen and oxygen atoms in total. The Bertz CT molecular complexity index is 235. The third kappa shape index (κ3) is 8.94. The smallest absolute Gasteiger partial charge is 0.325 e. The van der Waals surface area contributed by atoms with Crippen molar-refractivity contribution in [3.05, 3.63) is 0 Å². The Balaban J connectivity index is 0. The van der Waals surface area contributed by atoms with Crippen LogP contribution in [0.4, 0.5) is 0 Å². The van der Waals surface area contributed by atoms with E-state index in [-0.39, 0.29) is 37.4 Å². The van der Waals surface area contributed by atoms with Gasteiger partial charge in [-0.25, -0.2) is 0 Å². The van der Waals surface area contributed by atoms with Crippen LogP contribution in [-0.4, -0.2) is 50.1 Å². The number of halogens is 1. The van der Waals surface area contributed by atoms with Crippen LogP contribution in [0.15, 0.2) is 0 Å². The average molecular weight is 267 g/mol. The van der Waals surface area contributed by atoms with E-state index in [0.717, 1.165) is 0 Å². The molecule has 0 aromatic heterocycles. The Morgan fingerprint density at radius 3 is 2.35 bits per heavy atom. The molecule has 0 aliphatic heterocycles. The highest BCUT2D eigenvalue weighted by Crippen LogP contribution is 1.99. The van der Waals surface area contributed by atoms with Crippen LogP contribution in [-0.2, 0) is 14.3 Å². The first-order chi connectivity index (χ1) is 7.51. The van der Waals surface area contributed by atoms with Crippen LogP contribution < -0.4 is 5.32 Å². The van der Waals surface area contributed by atoms with E-state index in [1.807, 2.05) is 13.8 Å². The van der Waals surface area contributed by atoms with Crippen LogP contribution in [0.25, 0.3) is 0 Å². The second kappa shape index (κ2) is 10.4. The van der Waals surface area contributed by atoms with Crippen molar-refractivity contribution >= 4 is 24.3 Å². The third-order valence-electron chi connectivity index (χ3n) is 1.89. The summed E-state index contributed by atoms with van der Waals surface area (Å²) in [6.07, 6.45) is 0. The molecule has 1 N–H and O–H groups in total. The van der Waals surface area contributed by atoms with Gasteiger partial charge in [-0.3, -0.25) is 9.59 Å². The molecule has 1 amide bonds. The summed E-state index contributed by atoms with van der Waals surface area (Å²) >= 11 is 0. The van der Waals surface area contributed by atoms with Crippen LogP contribution in [0.3, 0.4) is 0 Å². The fourth-order valence-electron chi connectivity index (χ4n) is 1.32. The minimum absolute atomic E-state index is 0. The first-order valence-electron chi connectivity index (χ1n) is 5.59. The molecule has 0 radical (unpaired) electrons. The van der Waals surface area contributed by atoms with Gasteiger partial charge in [-0.15, -0.1) is 12.4 Å². The number of esters is 1. The summed E-state index contributed by atoms with van der Waals surface area (Å²) in [4.78, 5) is 24.5. The highest BCUT2D eigenvalue weighted by Gasteiger charge is 2.17. The molecular formula is C11H23ClN2O3. The fourth-order valence-corrected chi connectivity index (χ4v) is 1.32. The van der Waals surface area contributed by atoms with E-state index in [1.165, 1.54) is 4.90 Å². The molecule has 0 rings (SSSR count). The summed E-state index contributed by atoms with van der Waals surface area (Å²) in [6, 6.07) is 0. The summed E-state index contributed by atoms with van der Waals surface area (Å²) in [5, 5.41) is 2.78. The van der Waals surface area contributed by atoms with Crippen molar-refractivity contribution in [3.8, 4) is 0 Å². The topological polar surface area (TPSA) is 58.6 Å². The van der Waals surface area contributed by atoms with Gasteiger partial charge in [0.25, 0.3) is 0 Å². The molecule has 0 aromatic rings. The zero-order chi connectivity index (χ0) is 12.6. The van der Waals surface area contributed by atoms with Crippen LogP contribution in [0.1, 0.15) is 20.8 Å². The fraction of sp³-hybridized carbons (Fsp3) is 0.818. The number of carbonyl (C=O) groups is 2. The maximum atomic E-state index is 11.7. The lowest BCUT2D eigenvalue weighted by atomic mass is 10.2. The Kier molecular flexibility index (Phi) is 11.3. The van der Waals surface area contributed by atoms with Crippen molar-refractivity contribution in [2.45, 2.75) is 20.8 Å². The van der Waals surface area contributed by atoms with Crippen molar-refractivity contribution in [2.24, 2.45) is 5.92 Å². The van der Waals surface area contributed by atoms with Gasteiger partial charge in [0.2, 0.25) is 5.91 Å². The van der Waals surface area contributed by atoms with Gasteiger partial charge in [0.15, 0.2) is 0 Å². The summed E-state index contributed by atoms with van der Waals surface area (Å²) < 4.78 is 4.83. The van der Waals surface area contributed by atoms with Crippen molar-refractivity contribution in [1.82, 2.24) is 10.2 Å². The zero-order valence-corrected chi connectivity index (χ0v) is 11.8. The highest BCUT2D eigenvalue weighted by atomic mass is 35.5. The van der Waals surface area contributed by atoms with E-state index >= 15 is 0 Å². The third-order valence-corrected chi connectivity index (χ3v) is 1.89. The number of amides is 1. The summed E-state index contributed by atoms with van der Waals surface area (Å²) in [6.45, 7) is 6.95. The van der Waals surface area contributed by atoms with Crippen LogP contribution in [0, 0.1) is 5.92 Å². The second-order valence-electron chi connectivity index (χ2n) is 4.00. The molecule has 0 aliphatic rings.